The largest absolute Gasteiger partial charge is 0.486 e. The predicted molar refractivity (Wildman–Crippen MR) is 104 cm³/mol. The lowest BCUT2D eigenvalue weighted by molar-refractivity contribution is -0.119. The fourth-order valence-corrected chi connectivity index (χ4v) is 3.04. The lowest BCUT2D eigenvalue weighted by Gasteiger charge is -2.12. The molecule has 2 aromatic rings. The highest BCUT2D eigenvalue weighted by atomic mass is 32.2. The van der Waals surface area contributed by atoms with Crippen LogP contribution >= 0.6 is 11.8 Å². The highest BCUT2D eigenvalue weighted by Crippen LogP contribution is 2.23. The van der Waals surface area contributed by atoms with Crippen LogP contribution in [0.4, 0.5) is 4.79 Å². The molecule has 1 aromatic carbocycles. The summed E-state index contributed by atoms with van der Waals surface area (Å²) in [5.74, 6) is 0.957. The van der Waals surface area contributed by atoms with Crippen molar-refractivity contribution in [3.05, 3.63) is 48.3 Å². The molecule has 0 fully saturated rings. The van der Waals surface area contributed by atoms with Crippen molar-refractivity contribution in [2.45, 2.75) is 37.4 Å². The van der Waals surface area contributed by atoms with Crippen LogP contribution in [0.2, 0.25) is 0 Å². The fraction of sp³-hybridized carbons (Fsp3) is 0.333. The average Bonchev–Trinajstić information content (AvgIpc) is 3.01. The second-order valence-electron chi connectivity index (χ2n) is 5.73. The number of hydrogen-bond donors (Lipinski definition) is 2. The monoisotopic (exact) mass is 389 g/mol. The molecule has 0 bridgehead atoms. The molecule has 2 rings (SSSR count). The van der Waals surface area contributed by atoms with Crippen molar-refractivity contribution < 1.29 is 14.3 Å². The standard InChI is InChI=1S/C18H23N5O3S/c1-5-9-23-15(11-26-14-8-6-7-12(2)10-14)21-22-18(23)27-13(3)16(24)20-17(25)19-4/h5-8,10,13H,1,9,11H2,2-4H3,(H2,19,20,24,25)/t13-/m0/s1. The summed E-state index contributed by atoms with van der Waals surface area (Å²) in [5, 5.41) is 12.9. The Morgan fingerprint density at radius 3 is 2.85 bits per heavy atom. The number of allylic oxidation sites excluding steroid dienone is 1. The van der Waals surface area contributed by atoms with Crippen LogP contribution in [0.3, 0.4) is 0 Å². The van der Waals surface area contributed by atoms with Gasteiger partial charge in [-0.15, -0.1) is 16.8 Å². The molecule has 0 radical (unpaired) electrons. The van der Waals surface area contributed by atoms with Crippen LogP contribution in [0.5, 0.6) is 5.75 Å². The fourth-order valence-electron chi connectivity index (χ4n) is 2.17. The van der Waals surface area contributed by atoms with Gasteiger partial charge in [-0.1, -0.05) is 30.0 Å². The molecule has 1 aromatic heterocycles. The van der Waals surface area contributed by atoms with Crippen LogP contribution in [0.25, 0.3) is 0 Å². The second-order valence-corrected chi connectivity index (χ2v) is 7.04. The number of nitrogens with zero attached hydrogens (tertiary/aromatic N) is 3. The molecule has 0 aliphatic heterocycles. The number of urea groups is 1. The number of nitrogens with one attached hydrogen (secondary N) is 2. The minimum Gasteiger partial charge on any atom is -0.486 e. The van der Waals surface area contributed by atoms with Gasteiger partial charge in [0.05, 0.1) is 5.25 Å². The zero-order valence-electron chi connectivity index (χ0n) is 15.6. The van der Waals surface area contributed by atoms with Gasteiger partial charge >= 0.3 is 6.03 Å². The van der Waals surface area contributed by atoms with Crippen molar-refractivity contribution >= 4 is 23.7 Å². The normalized spacial score (nSPS) is 11.5. The third-order valence-electron chi connectivity index (χ3n) is 3.58. The molecular weight excluding hydrogens is 366 g/mol. The van der Waals surface area contributed by atoms with E-state index in [1.807, 2.05) is 35.8 Å². The molecule has 0 saturated carbocycles. The van der Waals surface area contributed by atoms with Crippen LogP contribution in [-0.4, -0.2) is 39.0 Å². The van der Waals surface area contributed by atoms with Gasteiger partial charge in [-0.2, -0.15) is 0 Å². The third-order valence-corrected chi connectivity index (χ3v) is 4.66. The maximum absolute atomic E-state index is 12.0. The molecule has 0 unspecified atom stereocenters. The average molecular weight is 389 g/mol. The lowest BCUT2D eigenvalue weighted by Crippen LogP contribution is -2.41. The van der Waals surface area contributed by atoms with Gasteiger partial charge in [0.15, 0.2) is 11.0 Å². The molecule has 1 heterocycles. The van der Waals surface area contributed by atoms with Gasteiger partial charge in [-0.3, -0.25) is 14.7 Å². The lowest BCUT2D eigenvalue weighted by atomic mass is 10.2. The Morgan fingerprint density at radius 1 is 1.41 bits per heavy atom. The SMILES string of the molecule is C=CCn1c(COc2cccc(C)c2)nnc1S[C@@H](C)C(=O)NC(=O)NC. The third kappa shape index (κ3) is 5.85. The Morgan fingerprint density at radius 2 is 2.19 bits per heavy atom. The van der Waals surface area contributed by atoms with Crippen molar-refractivity contribution in [2.24, 2.45) is 0 Å². The van der Waals surface area contributed by atoms with Gasteiger partial charge in [0.1, 0.15) is 12.4 Å². The van der Waals surface area contributed by atoms with E-state index in [9.17, 15) is 9.59 Å². The van der Waals surface area contributed by atoms with E-state index in [1.54, 1.807) is 13.0 Å². The molecule has 144 valence electrons. The van der Waals surface area contributed by atoms with Gasteiger partial charge in [-0.05, 0) is 31.5 Å². The van der Waals surface area contributed by atoms with Crippen molar-refractivity contribution in [3.8, 4) is 5.75 Å². The number of hydrogen-bond acceptors (Lipinski definition) is 6. The number of carbonyl (C=O) groups excluding carboxylic acids is 2. The predicted octanol–water partition coefficient (Wildman–Crippen LogP) is 2.29. The highest BCUT2D eigenvalue weighted by molar-refractivity contribution is 8.00. The minimum atomic E-state index is -0.549. The van der Waals surface area contributed by atoms with E-state index >= 15 is 0 Å². The summed E-state index contributed by atoms with van der Waals surface area (Å²) in [7, 11) is 1.45. The van der Waals surface area contributed by atoms with Gasteiger partial charge in [0, 0.05) is 13.6 Å². The van der Waals surface area contributed by atoms with Gasteiger partial charge in [0.2, 0.25) is 5.91 Å². The topological polar surface area (TPSA) is 98.1 Å². The summed E-state index contributed by atoms with van der Waals surface area (Å²) in [5.41, 5.74) is 1.10. The number of aromatic nitrogens is 3. The number of aryl methyl sites for hydroxylation is 1. The molecule has 0 aliphatic rings. The van der Waals surface area contributed by atoms with E-state index in [1.165, 1.54) is 18.8 Å². The maximum atomic E-state index is 12.0. The van der Waals surface area contributed by atoms with E-state index in [0.29, 0.717) is 17.5 Å². The zero-order valence-corrected chi connectivity index (χ0v) is 16.4. The molecule has 0 spiro atoms. The summed E-state index contributed by atoms with van der Waals surface area (Å²) in [4.78, 5) is 23.3. The van der Waals surface area contributed by atoms with E-state index in [2.05, 4.69) is 27.4 Å². The molecule has 0 aliphatic carbocycles. The number of carbonyl (C=O) groups is 2. The quantitative estimate of drug-likeness (QED) is 0.531. The molecule has 1 atom stereocenters. The Labute approximate surface area is 162 Å². The Balaban J connectivity index is 2.08. The van der Waals surface area contributed by atoms with Crippen molar-refractivity contribution in [2.75, 3.05) is 7.05 Å². The van der Waals surface area contributed by atoms with Crippen LogP contribution in [0.15, 0.2) is 42.1 Å². The second kappa shape index (κ2) is 9.77. The van der Waals surface area contributed by atoms with Crippen molar-refractivity contribution in [1.82, 2.24) is 25.4 Å². The van der Waals surface area contributed by atoms with Crippen molar-refractivity contribution in [3.63, 3.8) is 0 Å². The Kier molecular flexibility index (Phi) is 7.42. The first-order valence-corrected chi connectivity index (χ1v) is 9.24. The number of imide groups is 1. The number of amides is 3. The van der Waals surface area contributed by atoms with Gasteiger partial charge < -0.3 is 10.1 Å². The zero-order chi connectivity index (χ0) is 19.8. The summed E-state index contributed by atoms with van der Waals surface area (Å²) in [6.45, 7) is 8.16. The summed E-state index contributed by atoms with van der Waals surface area (Å²) in [6.07, 6.45) is 1.72. The first-order valence-electron chi connectivity index (χ1n) is 8.36. The molecular formula is C18H23N5O3S. The number of thioether (sulfide) groups is 1. The molecule has 9 heteroatoms. The minimum absolute atomic E-state index is 0.240. The smallest absolute Gasteiger partial charge is 0.321 e. The molecule has 8 nitrogen and oxygen atoms in total. The molecule has 0 saturated heterocycles. The number of ether oxygens (including phenoxy) is 1. The Bertz CT molecular complexity index is 821. The number of rotatable bonds is 8. The van der Waals surface area contributed by atoms with E-state index < -0.39 is 17.2 Å². The molecule has 3 amide bonds. The summed E-state index contributed by atoms with van der Waals surface area (Å²) >= 11 is 1.21. The van der Waals surface area contributed by atoms with Gasteiger partial charge in [-0.25, -0.2) is 4.79 Å². The van der Waals surface area contributed by atoms with Gasteiger partial charge in [0.25, 0.3) is 0 Å². The summed E-state index contributed by atoms with van der Waals surface area (Å²) in [6, 6.07) is 7.18. The first-order chi connectivity index (χ1) is 12.9. The van der Waals surface area contributed by atoms with Crippen LogP contribution in [-0.2, 0) is 17.9 Å². The van der Waals surface area contributed by atoms with E-state index in [-0.39, 0.29) is 6.61 Å². The van der Waals surface area contributed by atoms with Crippen molar-refractivity contribution in [1.29, 1.82) is 0 Å². The van der Waals surface area contributed by atoms with E-state index in [0.717, 1.165) is 11.3 Å². The summed E-state index contributed by atoms with van der Waals surface area (Å²) < 4.78 is 7.62. The molecule has 27 heavy (non-hydrogen) atoms. The first kappa shape index (κ1) is 20.5. The van der Waals surface area contributed by atoms with Crippen LogP contribution in [0.1, 0.15) is 18.3 Å². The Hall–Kier alpha value is -2.81. The molecule has 2 N–H and O–H groups in total. The maximum Gasteiger partial charge on any atom is 0.321 e. The van der Waals surface area contributed by atoms with Crippen LogP contribution in [0, 0.1) is 6.92 Å². The van der Waals surface area contributed by atoms with Crippen LogP contribution < -0.4 is 15.4 Å². The number of benzene rings is 1. The highest BCUT2D eigenvalue weighted by Gasteiger charge is 2.21. The van der Waals surface area contributed by atoms with E-state index in [4.69, 9.17) is 4.74 Å².